The number of esters is 2. The Morgan fingerprint density at radius 3 is 1.90 bits per heavy atom. The van der Waals surface area contributed by atoms with Gasteiger partial charge in [-0.3, -0.25) is 0 Å². The topological polar surface area (TPSA) is 127 Å². The van der Waals surface area contributed by atoms with E-state index in [1.54, 1.807) is 6.92 Å². The summed E-state index contributed by atoms with van der Waals surface area (Å²) in [4.78, 5) is 39.8. The van der Waals surface area contributed by atoms with E-state index in [0.717, 1.165) is 24.3 Å². The van der Waals surface area contributed by atoms with E-state index in [0.29, 0.717) is 0 Å². The lowest BCUT2D eigenvalue weighted by Crippen LogP contribution is -2.23. The quantitative estimate of drug-likeness (QED) is 0.559. The van der Waals surface area contributed by atoms with Gasteiger partial charge in [0.15, 0.2) is 0 Å². The van der Waals surface area contributed by atoms with Crippen LogP contribution in [-0.4, -0.2) is 46.8 Å². The van der Waals surface area contributed by atoms with Gasteiger partial charge < -0.3 is 19.7 Å². The number of carboxylic acids is 2. The fourth-order valence-corrected chi connectivity index (χ4v) is 0.655. The van der Waals surface area contributed by atoms with Crippen LogP contribution in [0.15, 0.2) is 37.5 Å². The Balaban J connectivity index is 0. The van der Waals surface area contributed by atoms with E-state index < -0.39 is 23.9 Å². The Bertz CT molecular complexity index is 417. The molecule has 0 saturated carbocycles. The van der Waals surface area contributed by atoms with E-state index in [9.17, 15) is 19.2 Å². The van der Waals surface area contributed by atoms with Crippen LogP contribution in [0.4, 0.5) is 0 Å². The lowest BCUT2D eigenvalue weighted by molar-refractivity contribution is -0.153. The van der Waals surface area contributed by atoms with Gasteiger partial charge in [0, 0.05) is 24.3 Å². The summed E-state index contributed by atoms with van der Waals surface area (Å²) < 4.78 is 9.38. The minimum atomic E-state index is -0.981. The minimum Gasteiger partial charge on any atom is -0.478 e. The molecule has 0 bridgehead atoms. The van der Waals surface area contributed by atoms with Gasteiger partial charge in [0.05, 0.1) is 0 Å². The number of carbonyl (C=O) groups is 4. The van der Waals surface area contributed by atoms with Crippen molar-refractivity contribution in [2.24, 2.45) is 0 Å². The van der Waals surface area contributed by atoms with Crippen LogP contribution in [0.5, 0.6) is 0 Å². The number of aliphatic carboxylic acids is 2. The van der Waals surface area contributed by atoms with Crippen molar-refractivity contribution in [3.8, 4) is 0 Å². The summed E-state index contributed by atoms with van der Waals surface area (Å²) in [6, 6.07) is 0. The van der Waals surface area contributed by atoms with Crippen LogP contribution in [0.3, 0.4) is 0 Å². The highest BCUT2D eigenvalue weighted by Gasteiger charge is 2.12. The fraction of sp³-hybridized carbons (Fsp3) is 0.231. The second-order valence-corrected chi connectivity index (χ2v) is 3.30. The maximum atomic E-state index is 10.7. The summed E-state index contributed by atoms with van der Waals surface area (Å²) in [5.41, 5.74) is 0. The zero-order valence-corrected chi connectivity index (χ0v) is 11.4. The molecule has 0 spiro atoms. The van der Waals surface area contributed by atoms with Crippen LogP contribution in [-0.2, 0) is 28.7 Å². The molecular formula is C13H16O8. The van der Waals surface area contributed by atoms with Crippen molar-refractivity contribution in [1.29, 1.82) is 0 Å². The van der Waals surface area contributed by atoms with E-state index in [-0.39, 0.29) is 12.7 Å². The highest BCUT2D eigenvalue weighted by molar-refractivity contribution is 5.92. The number of carboxylic acid groups (broad SMARTS) is 2. The number of carbonyl (C=O) groups excluding carboxylic acids is 2. The van der Waals surface area contributed by atoms with Crippen molar-refractivity contribution in [1.82, 2.24) is 0 Å². The molecule has 0 aromatic rings. The molecule has 1 aliphatic rings. The van der Waals surface area contributed by atoms with Gasteiger partial charge in [0.1, 0.15) is 12.7 Å². The Labute approximate surface area is 121 Å². The number of rotatable bonds is 2. The minimum absolute atomic E-state index is 0.120. The predicted octanol–water partition coefficient (Wildman–Crippen LogP) is 0.545. The largest absolute Gasteiger partial charge is 0.478 e. The standard InChI is InChI=1S/C7H8O4.2C3H4O2/c1-5-4-10-6(8)2-3-7(9)11-5;2*1-2-3(4)5/h2-3,5H,4H2,1H3;2*2H,1H2,(H,4,5)/b3-2+;;. The number of hydrogen-bond donors (Lipinski definition) is 2. The van der Waals surface area contributed by atoms with E-state index >= 15 is 0 Å². The molecule has 1 heterocycles. The van der Waals surface area contributed by atoms with Gasteiger partial charge in [-0.25, -0.2) is 19.2 Å². The molecule has 0 aliphatic carbocycles. The van der Waals surface area contributed by atoms with E-state index in [4.69, 9.17) is 14.9 Å². The first-order chi connectivity index (χ1) is 9.72. The van der Waals surface area contributed by atoms with E-state index in [1.807, 2.05) is 0 Å². The van der Waals surface area contributed by atoms with Crippen molar-refractivity contribution in [2.45, 2.75) is 13.0 Å². The van der Waals surface area contributed by atoms with Gasteiger partial charge in [-0.2, -0.15) is 0 Å². The maximum Gasteiger partial charge on any atom is 0.331 e. The van der Waals surface area contributed by atoms with E-state index in [2.05, 4.69) is 17.9 Å². The Morgan fingerprint density at radius 1 is 1.14 bits per heavy atom. The van der Waals surface area contributed by atoms with Gasteiger partial charge in [-0.1, -0.05) is 13.2 Å². The van der Waals surface area contributed by atoms with Gasteiger partial charge in [0.25, 0.3) is 0 Å². The van der Waals surface area contributed by atoms with Crippen LogP contribution < -0.4 is 0 Å². The molecule has 21 heavy (non-hydrogen) atoms. The normalized spacial score (nSPS) is 17.7. The molecule has 2 N–H and O–H groups in total. The molecule has 0 amide bonds. The Morgan fingerprint density at radius 2 is 1.52 bits per heavy atom. The molecule has 116 valence electrons. The number of ether oxygens (including phenoxy) is 2. The SMILES string of the molecule is C=CC(=O)O.C=CC(=O)O.CC1COC(=O)/C=C/C(=O)O1. The maximum absolute atomic E-state index is 10.7. The molecule has 0 aromatic carbocycles. The van der Waals surface area contributed by atoms with Crippen LogP contribution in [0.2, 0.25) is 0 Å². The monoisotopic (exact) mass is 300 g/mol. The molecule has 0 aromatic heterocycles. The highest BCUT2D eigenvalue weighted by Crippen LogP contribution is 1.98. The molecule has 8 nitrogen and oxygen atoms in total. The second-order valence-electron chi connectivity index (χ2n) is 3.30. The summed E-state index contributed by atoms with van der Waals surface area (Å²) in [6.07, 6.45) is 3.41. The third kappa shape index (κ3) is 17.1. The molecule has 0 saturated heterocycles. The molecule has 0 fully saturated rings. The Kier molecular flexibility index (Phi) is 11.8. The van der Waals surface area contributed by atoms with Gasteiger partial charge >= 0.3 is 23.9 Å². The predicted molar refractivity (Wildman–Crippen MR) is 71.3 cm³/mol. The first-order valence-electron chi connectivity index (χ1n) is 5.49. The highest BCUT2D eigenvalue weighted by atomic mass is 16.6. The van der Waals surface area contributed by atoms with Crippen LogP contribution in [0.25, 0.3) is 0 Å². The third-order valence-electron chi connectivity index (χ3n) is 1.48. The van der Waals surface area contributed by atoms with Crippen molar-refractivity contribution in [3.63, 3.8) is 0 Å². The zero-order valence-electron chi connectivity index (χ0n) is 11.4. The third-order valence-corrected chi connectivity index (χ3v) is 1.48. The Hall–Kier alpha value is -2.90. The van der Waals surface area contributed by atoms with Crippen molar-refractivity contribution < 1.29 is 38.9 Å². The average molecular weight is 300 g/mol. The number of hydrogen-bond acceptors (Lipinski definition) is 6. The van der Waals surface area contributed by atoms with Gasteiger partial charge in [-0.05, 0) is 6.92 Å². The van der Waals surface area contributed by atoms with Crippen LogP contribution in [0, 0.1) is 0 Å². The smallest absolute Gasteiger partial charge is 0.331 e. The van der Waals surface area contributed by atoms with Crippen LogP contribution in [0.1, 0.15) is 6.92 Å². The van der Waals surface area contributed by atoms with Crippen molar-refractivity contribution >= 4 is 23.9 Å². The lowest BCUT2D eigenvalue weighted by Gasteiger charge is -2.13. The molecule has 1 aliphatic heterocycles. The average Bonchev–Trinajstić information content (AvgIpc) is 2.42. The summed E-state index contributed by atoms with van der Waals surface area (Å²) in [7, 11) is 0. The second kappa shape index (κ2) is 12.2. The summed E-state index contributed by atoms with van der Waals surface area (Å²) in [5, 5.41) is 15.2. The van der Waals surface area contributed by atoms with Crippen molar-refractivity contribution in [3.05, 3.63) is 37.5 Å². The zero-order chi connectivity index (χ0) is 16.8. The summed E-state index contributed by atoms with van der Waals surface area (Å²) in [6.45, 7) is 7.70. The molecule has 1 unspecified atom stereocenters. The first kappa shape index (κ1) is 20.4. The van der Waals surface area contributed by atoms with Gasteiger partial charge in [0.2, 0.25) is 0 Å². The molecule has 8 heteroatoms. The van der Waals surface area contributed by atoms with Gasteiger partial charge in [-0.15, -0.1) is 0 Å². The molecule has 0 radical (unpaired) electrons. The number of cyclic esters (lactones) is 2. The lowest BCUT2D eigenvalue weighted by atomic mass is 10.4. The van der Waals surface area contributed by atoms with E-state index in [1.165, 1.54) is 0 Å². The van der Waals surface area contributed by atoms with Crippen molar-refractivity contribution in [2.75, 3.05) is 6.61 Å². The molecule has 1 rings (SSSR count). The first-order valence-corrected chi connectivity index (χ1v) is 5.49. The molecule has 1 atom stereocenters. The summed E-state index contributed by atoms with van der Waals surface area (Å²) >= 11 is 0. The summed E-state index contributed by atoms with van der Waals surface area (Å²) in [5.74, 6) is -2.97. The van der Waals surface area contributed by atoms with Crippen LogP contribution >= 0.6 is 0 Å². The fourth-order valence-electron chi connectivity index (χ4n) is 0.655. The molecular weight excluding hydrogens is 284 g/mol.